The van der Waals surface area contributed by atoms with Crippen LogP contribution in [0.3, 0.4) is 0 Å². The number of fused-ring (bicyclic) bond motifs is 1. The number of ether oxygens (including phenoxy) is 1. The molecular weight excluding hydrogens is 240 g/mol. The molecule has 0 fully saturated rings. The molecule has 0 aliphatic heterocycles. The van der Waals surface area contributed by atoms with Crippen LogP contribution in [0.15, 0.2) is 24.3 Å². The number of hydrogen-bond acceptors (Lipinski definition) is 3. The second-order valence-electron chi connectivity index (χ2n) is 4.24. The molecular formula is C15H16N2O2. The van der Waals surface area contributed by atoms with Crippen molar-refractivity contribution in [3.63, 3.8) is 0 Å². The van der Waals surface area contributed by atoms with Crippen LogP contribution in [0.1, 0.15) is 29.9 Å². The summed E-state index contributed by atoms with van der Waals surface area (Å²) >= 11 is 0. The lowest BCUT2D eigenvalue weighted by atomic mass is 10.1. The molecule has 1 aromatic carbocycles. The van der Waals surface area contributed by atoms with Gasteiger partial charge in [-0.25, -0.2) is 4.79 Å². The minimum Gasteiger partial charge on any atom is -0.461 e. The van der Waals surface area contributed by atoms with Crippen LogP contribution in [0, 0.1) is 11.3 Å². The number of aryl methyl sites for hydroxylation is 1. The summed E-state index contributed by atoms with van der Waals surface area (Å²) in [7, 11) is 0. The highest BCUT2D eigenvalue weighted by Gasteiger charge is 2.16. The lowest BCUT2D eigenvalue weighted by molar-refractivity contribution is 0.0515. The Morgan fingerprint density at radius 1 is 1.37 bits per heavy atom. The maximum atomic E-state index is 11.9. The maximum absolute atomic E-state index is 11.9. The summed E-state index contributed by atoms with van der Waals surface area (Å²) in [5, 5.41) is 9.89. The fourth-order valence-electron chi connectivity index (χ4n) is 2.14. The second-order valence-corrected chi connectivity index (χ2v) is 4.24. The number of carbonyl (C=O) groups is 1. The summed E-state index contributed by atoms with van der Waals surface area (Å²) in [5.74, 6) is -0.382. The standard InChI is InChI=1S/C15H16N2O2/c1-3-11-5-6-12-10-14(15(18)19-4-2)17(8-7-16)13(12)9-11/h5-6,9-10H,3-4,8H2,1-2H3. The van der Waals surface area contributed by atoms with E-state index in [1.54, 1.807) is 17.6 Å². The molecule has 0 aliphatic carbocycles. The first-order chi connectivity index (χ1) is 9.21. The van der Waals surface area contributed by atoms with Crippen LogP contribution in [0.2, 0.25) is 0 Å². The van der Waals surface area contributed by atoms with Gasteiger partial charge in [-0.15, -0.1) is 0 Å². The lowest BCUT2D eigenvalue weighted by Gasteiger charge is -2.06. The highest BCUT2D eigenvalue weighted by Crippen LogP contribution is 2.22. The Balaban J connectivity index is 2.60. The normalized spacial score (nSPS) is 10.4. The third-order valence-corrected chi connectivity index (χ3v) is 3.09. The van der Waals surface area contributed by atoms with E-state index < -0.39 is 0 Å². The van der Waals surface area contributed by atoms with Crippen LogP contribution in [0.4, 0.5) is 0 Å². The van der Waals surface area contributed by atoms with Crippen LogP contribution < -0.4 is 0 Å². The zero-order valence-corrected chi connectivity index (χ0v) is 11.1. The summed E-state index contributed by atoms with van der Waals surface area (Å²) in [5.41, 5.74) is 2.52. The molecule has 1 aromatic heterocycles. The van der Waals surface area contributed by atoms with Gasteiger partial charge in [0.05, 0.1) is 12.7 Å². The van der Waals surface area contributed by atoms with Crippen molar-refractivity contribution in [1.82, 2.24) is 4.57 Å². The van der Waals surface area contributed by atoms with Gasteiger partial charge in [0.1, 0.15) is 12.2 Å². The van der Waals surface area contributed by atoms with Crippen molar-refractivity contribution in [2.45, 2.75) is 26.8 Å². The van der Waals surface area contributed by atoms with Gasteiger partial charge in [0.2, 0.25) is 0 Å². The van der Waals surface area contributed by atoms with E-state index in [0.29, 0.717) is 12.3 Å². The van der Waals surface area contributed by atoms with Gasteiger partial charge in [-0.1, -0.05) is 19.1 Å². The van der Waals surface area contributed by atoms with Crippen LogP contribution in [-0.4, -0.2) is 17.1 Å². The minimum atomic E-state index is -0.382. The van der Waals surface area contributed by atoms with E-state index in [4.69, 9.17) is 10.00 Å². The zero-order chi connectivity index (χ0) is 13.8. The maximum Gasteiger partial charge on any atom is 0.355 e. The molecule has 0 aliphatic rings. The fourth-order valence-corrected chi connectivity index (χ4v) is 2.14. The Labute approximate surface area is 112 Å². The molecule has 4 nitrogen and oxygen atoms in total. The van der Waals surface area contributed by atoms with Crippen LogP contribution in [0.5, 0.6) is 0 Å². The predicted molar refractivity (Wildman–Crippen MR) is 72.9 cm³/mol. The van der Waals surface area contributed by atoms with Crippen molar-refractivity contribution in [2.24, 2.45) is 0 Å². The first-order valence-electron chi connectivity index (χ1n) is 6.37. The van der Waals surface area contributed by atoms with Gasteiger partial charge in [0.25, 0.3) is 0 Å². The number of esters is 1. The van der Waals surface area contributed by atoms with E-state index >= 15 is 0 Å². The Kier molecular flexibility index (Phi) is 3.86. The van der Waals surface area contributed by atoms with Crippen LogP contribution in [-0.2, 0) is 17.7 Å². The van der Waals surface area contributed by atoms with Gasteiger partial charge in [-0.2, -0.15) is 5.26 Å². The van der Waals surface area contributed by atoms with Gasteiger partial charge in [0.15, 0.2) is 0 Å². The fraction of sp³-hybridized carbons (Fsp3) is 0.333. The first-order valence-corrected chi connectivity index (χ1v) is 6.37. The Bertz CT molecular complexity index is 650. The molecule has 98 valence electrons. The smallest absolute Gasteiger partial charge is 0.355 e. The van der Waals surface area contributed by atoms with Crippen molar-refractivity contribution in [3.8, 4) is 6.07 Å². The first kappa shape index (κ1) is 13.2. The molecule has 0 saturated carbocycles. The van der Waals surface area contributed by atoms with E-state index in [9.17, 15) is 4.79 Å². The summed E-state index contributed by atoms with van der Waals surface area (Å²) in [4.78, 5) is 11.9. The largest absolute Gasteiger partial charge is 0.461 e. The number of nitriles is 1. The summed E-state index contributed by atoms with van der Waals surface area (Å²) in [6.45, 7) is 4.31. The molecule has 19 heavy (non-hydrogen) atoms. The molecule has 0 N–H and O–H groups in total. The average Bonchev–Trinajstić information content (AvgIpc) is 2.78. The van der Waals surface area contributed by atoms with E-state index in [1.165, 1.54) is 5.56 Å². The van der Waals surface area contributed by atoms with Gasteiger partial charge in [-0.05, 0) is 31.0 Å². The highest BCUT2D eigenvalue weighted by atomic mass is 16.5. The number of carbonyl (C=O) groups excluding carboxylic acids is 1. The van der Waals surface area contributed by atoms with Gasteiger partial charge < -0.3 is 9.30 Å². The Hall–Kier alpha value is -2.28. The Morgan fingerprint density at radius 3 is 2.79 bits per heavy atom. The van der Waals surface area contributed by atoms with Crippen molar-refractivity contribution >= 4 is 16.9 Å². The quantitative estimate of drug-likeness (QED) is 0.790. The van der Waals surface area contributed by atoms with Crippen molar-refractivity contribution in [2.75, 3.05) is 6.61 Å². The molecule has 0 unspecified atom stereocenters. The van der Waals surface area contributed by atoms with E-state index in [-0.39, 0.29) is 12.5 Å². The molecule has 2 aromatic rings. The summed E-state index contributed by atoms with van der Waals surface area (Å²) in [6.07, 6.45) is 0.919. The number of hydrogen-bond donors (Lipinski definition) is 0. The molecule has 0 atom stereocenters. The van der Waals surface area contributed by atoms with E-state index in [1.807, 2.05) is 18.2 Å². The highest BCUT2D eigenvalue weighted by molar-refractivity contribution is 5.95. The Morgan fingerprint density at radius 2 is 2.16 bits per heavy atom. The van der Waals surface area contributed by atoms with Crippen LogP contribution in [0.25, 0.3) is 10.9 Å². The van der Waals surface area contributed by atoms with Gasteiger partial charge in [-0.3, -0.25) is 0 Å². The lowest BCUT2D eigenvalue weighted by Crippen LogP contribution is -2.11. The van der Waals surface area contributed by atoms with Crippen molar-refractivity contribution < 1.29 is 9.53 Å². The van der Waals surface area contributed by atoms with Crippen molar-refractivity contribution in [3.05, 3.63) is 35.5 Å². The summed E-state index contributed by atoms with van der Waals surface area (Å²) in [6, 6.07) is 9.91. The van der Waals surface area contributed by atoms with E-state index in [2.05, 4.69) is 13.0 Å². The van der Waals surface area contributed by atoms with E-state index in [0.717, 1.165) is 17.3 Å². The van der Waals surface area contributed by atoms with Gasteiger partial charge in [0, 0.05) is 10.9 Å². The van der Waals surface area contributed by atoms with Gasteiger partial charge >= 0.3 is 5.97 Å². The number of benzene rings is 1. The SMILES string of the molecule is CCOC(=O)c1cc2ccc(CC)cc2n1CC#N. The zero-order valence-electron chi connectivity index (χ0n) is 11.1. The molecule has 2 rings (SSSR count). The average molecular weight is 256 g/mol. The molecule has 0 saturated heterocycles. The van der Waals surface area contributed by atoms with Crippen molar-refractivity contribution in [1.29, 1.82) is 5.26 Å². The van der Waals surface area contributed by atoms with Crippen LogP contribution >= 0.6 is 0 Å². The predicted octanol–water partition coefficient (Wildman–Crippen LogP) is 2.90. The summed E-state index contributed by atoms with van der Waals surface area (Å²) < 4.78 is 6.75. The number of rotatable bonds is 4. The minimum absolute atomic E-state index is 0.144. The molecule has 1 heterocycles. The third kappa shape index (κ3) is 2.45. The molecule has 0 bridgehead atoms. The second kappa shape index (κ2) is 5.57. The monoisotopic (exact) mass is 256 g/mol. The number of aromatic nitrogens is 1. The number of nitrogens with zero attached hydrogens (tertiary/aromatic N) is 2. The molecule has 0 radical (unpaired) electrons. The topological polar surface area (TPSA) is 55.0 Å². The third-order valence-electron chi connectivity index (χ3n) is 3.09. The molecule has 0 spiro atoms. The molecule has 0 amide bonds. The molecule has 4 heteroatoms.